The zero-order chi connectivity index (χ0) is 34.7. The van der Waals surface area contributed by atoms with E-state index in [1.807, 2.05) is 0 Å². The van der Waals surface area contributed by atoms with Crippen molar-refractivity contribution in [3.63, 3.8) is 0 Å². The van der Waals surface area contributed by atoms with Gasteiger partial charge in [0.1, 0.15) is 23.5 Å². The quantitative estimate of drug-likeness (QED) is 0.204. The highest BCUT2D eigenvalue weighted by Gasteiger charge is 2.45. The Hall–Kier alpha value is -4.98. The molecule has 3 rings (SSSR count). The molecule has 11 nitrogen and oxygen atoms in total. The van der Waals surface area contributed by atoms with Crippen LogP contribution in [0.25, 0.3) is 0 Å². The van der Waals surface area contributed by atoms with Gasteiger partial charge in [-0.25, -0.2) is 0 Å². The van der Waals surface area contributed by atoms with Gasteiger partial charge in [0.15, 0.2) is 0 Å². The van der Waals surface area contributed by atoms with Crippen LogP contribution in [0.3, 0.4) is 0 Å². The Morgan fingerprint density at radius 3 is 2.17 bits per heavy atom. The number of pyridine rings is 1. The summed E-state index contributed by atoms with van der Waals surface area (Å²) in [5.74, 6) is -6.11. The van der Waals surface area contributed by atoms with E-state index < -0.39 is 66.2 Å². The maximum atomic E-state index is 13.7. The Morgan fingerprint density at radius 1 is 0.894 bits per heavy atom. The summed E-state index contributed by atoms with van der Waals surface area (Å²) in [4.78, 5) is 68.6. The zero-order valence-electron chi connectivity index (χ0n) is 25.6. The molecule has 0 bridgehead atoms. The van der Waals surface area contributed by atoms with Gasteiger partial charge in [-0.3, -0.25) is 29.0 Å². The van der Waals surface area contributed by atoms with Crippen molar-refractivity contribution in [2.75, 3.05) is 13.7 Å². The van der Waals surface area contributed by atoms with Gasteiger partial charge in [0.25, 0.3) is 11.7 Å². The molecule has 0 radical (unpaired) electrons. The van der Waals surface area contributed by atoms with Gasteiger partial charge < -0.3 is 26.0 Å². The van der Waals surface area contributed by atoms with Crippen molar-refractivity contribution in [2.45, 2.75) is 44.6 Å². The number of halogens is 4. The summed E-state index contributed by atoms with van der Waals surface area (Å²) in [6.07, 6.45) is -3.94. The van der Waals surface area contributed by atoms with Crippen LogP contribution in [0, 0.1) is 5.92 Å². The highest BCUT2D eigenvalue weighted by molar-refractivity contribution is 6.30. The fourth-order valence-corrected chi connectivity index (χ4v) is 4.60. The number of nitrogens with zero attached hydrogens (tertiary/aromatic N) is 1. The number of aromatic nitrogens is 1. The second kappa shape index (κ2) is 16.5. The van der Waals surface area contributed by atoms with E-state index in [0.717, 1.165) is 0 Å². The molecule has 0 aliphatic carbocycles. The van der Waals surface area contributed by atoms with Crippen molar-refractivity contribution in [3.05, 3.63) is 94.8 Å². The average Bonchev–Trinajstić information content (AvgIpc) is 3.04. The molecule has 4 amide bonds. The largest absolute Gasteiger partial charge is 0.497 e. The predicted molar refractivity (Wildman–Crippen MR) is 165 cm³/mol. The minimum absolute atomic E-state index is 0.0607. The van der Waals surface area contributed by atoms with Crippen molar-refractivity contribution in [3.8, 4) is 5.75 Å². The van der Waals surface area contributed by atoms with Crippen molar-refractivity contribution in [1.29, 1.82) is 0 Å². The molecule has 3 atom stereocenters. The number of hydrogen-bond acceptors (Lipinski definition) is 7. The molecular formula is C32H33ClF3N5O6. The van der Waals surface area contributed by atoms with E-state index in [1.165, 1.54) is 57.5 Å². The number of alkyl halides is 3. The Balaban J connectivity index is 1.89. The molecule has 0 fully saturated rings. The Labute approximate surface area is 273 Å². The van der Waals surface area contributed by atoms with E-state index in [0.29, 0.717) is 16.3 Å². The first-order chi connectivity index (χ1) is 22.2. The molecule has 1 heterocycles. The van der Waals surface area contributed by atoms with Crippen LogP contribution in [0.4, 0.5) is 13.2 Å². The van der Waals surface area contributed by atoms with Crippen molar-refractivity contribution >= 4 is 41.0 Å². The average molecular weight is 676 g/mol. The SMILES string of the molecule is COc1ccc(C(NC(=O)C(Cc2cccc(Cl)c2)NC(=O)CNC(=O)c2ccccn2)C(=O)N[C@H](C(=O)C(F)(F)F)C(C)C)cc1. The number of carbonyl (C=O) groups is 5. The number of carbonyl (C=O) groups excluding carboxylic acids is 5. The Bertz CT molecular complexity index is 1570. The van der Waals surface area contributed by atoms with E-state index in [9.17, 15) is 37.1 Å². The Morgan fingerprint density at radius 2 is 1.60 bits per heavy atom. The first-order valence-corrected chi connectivity index (χ1v) is 14.7. The lowest BCUT2D eigenvalue weighted by atomic mass is 9.97. The molecule has 4 N–H and O–H groups in total. The van der Waals surface area contributed by atoms with Crippen LogP contribution in [0.2, 0.25) is 5.02 Å². The molecule has 0 saturated heterocycles. The van der Waals surface area contributed by atoms with Crippen molar-refractivity contribution in [2.24, 2.45) is 5.92 Å². The zero-order valence-corrected chi connectivity index (χ0v) is 26.3. The fourth-order valence-electron chi connectivity index (χ4n) is 4.39. The lowest BCUT2D eigenvalue weighted by molar-refractivity contribution is -0.175. The lowest BCUT2D eigenvalue weighted by Crippen LogP contribution is -2.55. The molecule has 0 saturated carbocycles. The molecule has 0 spiro atoms. The smallest absolute Gasteiger partial charge is 0.452 e. The number of ether oxygens (including phenoxy) is 1. The molecule has 15 heteroatoms. The van der Waals surface area contributed by atoms with Crippen LogP contribution in [0.5, 0.6) is 5.75 Å². The lowest BCUT2D eigenvalue weighted by Gasteiger charge is -2.27. The molecule has 0 aliphatic heterocycles. The molecule has 2 unspecified atom stereocenters. The van der Waals surface area contributed by atoms with Gasteiger partial charge in [0.2, 0.25) is 17.7 Å². The van der Waals surface area contributed by atoms with Gasteiger partial charge in [0, 0.05) is 17.6 Å². The molecule has 250 valence electrons. The molecule has 2 aromatic carbocycles. The summed E-state index contributed by atoms with van der Waals surface area (Å²) in [6.45, 7) is 2.13. The highest BCUT2D eigenvalue weighted by atomic mass is 35.5. The number of Topliss-reactive ketones (excluding diaryl/α,β-unsaturated/α-hetero) is 1. The summed E-state index contributed by atoms with van der Waals surface area (Å²) in [7, 11) is 1.40. The van der Waals surface area contributed by atoms with E-state index >= 15 is 0 Å². The molecule has 47 heavy (non-hydrogen) atoms. The van der Waals surface area contributed by atoms with Gasteiger partial charge in [-0.2, -0.15) is 13.2 Å². The number of benzene rings is 2. The number of nitrogens with one attached hydrogen (secondary N) is 4. The van der Waals surface area contributed by atoms with Gasteiger partial charge in [-0.05, 0) is 53.4 Å². The number of methoxy groups -OCH3 is 1. The monoisotopic (exact) mass is 675 g/mol. The highest BCUT2D eigenvalue weighted by Crippen LogP contribution is 2.23. The van der Waals surface area contributed by atoms with Gasteiger partial charge in [-0.15, -0.1) is 0 Å². The van der Waals surface area contributed by atoms with Crippen molar-refractivity contribution < 1.29 is 41.9 Å². The van der Waals surface area contributed by atoms with E-state index in [4.69, 9.17) is 16.3 Å². The first kappa shape index (κ1) is 36.5. The summed E-state index contributed by atoms with van der Waals surface area (Å²) in [5, 5.41) is 9.89. The molecular weight excluding hydrogens is 643 g/mol. The third kappa shape index (κ3) is 10.8. The third-order valence-corrected chi connectivity index (χ3v) is 7.05. The van der Waals surface area contributed by atoms with Crippen LogP contribution in [-0.2, 0) is 25.6 Å². The fraction of sp³-hybridized carbons (Fsp3) is 0.312. The summed E-state index contributed by atoms with van der Waals surface area (Å²) in [5.41, 5.74) is 0.733. The van der Waals surface area contributed by atoms with Crippen LogP contribution in [0.15, 0.2) is 72.9 Å². The number of hydrogen-bond donors (Lipinski definition) is 4. The van der Waals surface area contributed by atoms with Gasteiger partial charge >= 0.3 is 6.18 Å². The van der Waals surface area contributed by atoms with Crippen LogP contribution >= 0.6 is 11.6 Å². The van der Waals surface area contributed by atoms with Crippen LogP contribution in [0.1, 0.15) is 41.5 Å². The molecule has 1 aromatic heterocycles. The van der Waals surface area contributed by atoms with E-state index in [-0.39, 0.29) is 17.7 Å². The normalized spacial score (nSPS) is 13.1. The second-order valence-electron chi connectivity index (χ2n) is 10.7. The molecule has 0 aliphatic rings. The number of amides is 4. The maximum absolute atomic E-state index is 13.7. The first-order valence-electron chi connectivity index (χ1n) is 14.3. The van der Waals surface area contributed by atoms with E-state index in [2.05, 4.69) is 26.3 Å². The van der Waals surface area contributed by atoms with Crippen LogP contribution in [-0.4, -0.2) is 66.3 Å². The van der Waals surface area contributed by atoms with Gasteiger partial charge in [-0.1, -0.05) is 55.8 Å². The van der Waals surface area contributed by atoms with Crippen molar-refractivity contribution in [1.82, 2.24) is 26.3 Å². The summed E-state index contributed by atoms with van der Waals surface area (Å²) in [6, 6.07) is 11.9. The topological polar surface area (TPSA) is 156 Å². The van der Waals surface area contributed by atoms with Crippen LogP contribution < -0.4 is 26.0 Å². The third-order valence-electron chi connectivity index (χ3n) is 6.81. The second-order valence-corrected chi connectivity index (χ2v) is 11.1. The maximum Gasteiger partial charge on any atom is 0.452 e. The minimum Gasteiger partial charge on any atom is -0.497 e. The van der Waals surface area contributed by atoms with E-state index in [1.54, 1.807) is 36.4 Å². The standard InChI is InChI=1S/C32H33ClF3N5O6/c1-18(2)26(28(43)32(34,35)36)40-31(46)27(20-10-12-22(47-3)13-11-20)41-30(45)24(16-19-7-6-8-21(33)15-19)39-25(42)17-38-29(44)23-9-4-5-14-37-23/h4-15,18,24,26-27H,16-17H2,1-3H3,(H,38,44)(H,39,42)(H,40,46)(H,41,45)/t24?,26-,27?/m0/s1. The minimum atomic E-state index is -5.22. The summed E-state index contributed by atoms with van der Waals surface area (Å²) >= 11 is 6.11. The number of rotatable bonds is 14. The number of ketones is 1. The van der Waals surface area contributed by atoms with Gasteiger partial charge in [0.05, 0.1) is 19.7 Å². The predicted octanol–water partition coefficient (Wildman–Crippen LogP) is 3.33. The molecule has 3 aromatic rings. The Kier molecular flexibility index (Phi) is 12.8. The summed E-state index contributed by atoms with van der Waals surface area (Å²) < 4.78 is 45.1.